The number of nitrogens with one attached hydrogen (secondary N) is 1. The Labute approximate surface area is 235 Å². The SMILES string of the molecule is C#CCOC(=O)Nc1ncnc2c1ncn2[C@@H]1O[C@H](COC(C)(C)C)C(OP(=O)(O)OCC)C1OC(=O)OCC#C. The molecule has 0 saturated carbocycles. The molecule has 2 aromatic heterocycles. The number of hydrogen-bond acceptors (Lipinski definition) is 13. The Morgan fingerprint density at radius 3 is 2.54 bits per heavy atom. The van der Waals surface area contributed by atoms with Gasteiger partial charge in [0.2, 0.25) is 0 Å². The van der Waals surface area contributed by atoms with Crippen molar-refractivity contribution >= 4 is 37.1 Å². The van der Waals surface area contributed by atoms with Crippen molar-refractivity contribution in [1.82, 2.24) is 19.5 Å². The van der Waals surface area contributed by atoms with Gasteiger partial charge in [-0.2, -0.15) is 0 Å². The van der Waals surface area contributed by atoms with Gasteiger partial charge in [-0.05, 0) is 27.7 Å². The summed E-state index contributed by atoms with van der Waals surface area (Å²) in [5.74, 6) is 4.28. The van der Waals surface area contributed by atoms with Gasteiger partial charge in [0.1, 0.15) is 18.5 Å². The Balaban J connectivity index is 2.04. The molecule has 2 N–H and O–H groups in total. The molecule has 1 fully saturated rings. The van der Waals surface area contributed by atoms with Gasteiger partial charge in [-0.1, -0.05) is 11.8 Å². The lowest BCUT2D eigenvalue weighted by atomic mass is 10.1. The van der Waals surface area contributed by atoms with Crippen LogP contribution in [0.4, 0.5) is 15.4 Å². The average Bonchev–Trinajstić information content (AvgIpc) is 3.46. The second-order valence-electron chi connectivity index (χ2n) is 9.22. The van der Waals surface area contributed by atoms with Crippen LogP contribution in [0, 0.1) is 24.7 Å². The number of imidazole rings is 1. The molecule has 3 rings (SSSR count). The molecule has 1 aliphatic heterocycles. The van der Waals surface area contributed by atoms with Gasteiger partial charge in [-0.15, -0.1) is 12.8 Å². The molecule has 5 atom stereocenters. The summed E-state index contributed by atoms with van der Waals surface area (Å²) in [5.41, 5.74) is -0.409. The van der Waals surface area contributed by atoms with Crippen LogP contribution in [-0.2, 0) is 37.3 Å². The molecule has 0 spiro atoms. The van der Waals surface area contributed by atoms with Gasteiger partial charge < -0.3 is 28.6 Å². The second-order valence-corrected chi connectivity index (χ2v) is 10.6. The first-order valence-corrected chi connectivity index (χ1v) is 13.7. The third kappa shape index (κ3) is 8.61. The van der Waals surface area contributed by atoms with E-state index >= 15 is 0 Å². The maximum atomic E-state index is 12.7. The standard InChI is InChI=1S/C24H30N5O11P/c1-7-10-34-22(30)28-19-16-20(26-13-25-19)29(14-27-16)21-18(39-23(31)35-11-8-2)17(40-41(32,33)37-9-3)15(38-21)12-36-24(4,5)6/h1-2,13-15,17-18,21H,9-12H2,3-6H3,(H,32,33)(H,25,26,28,30)/t15-,17?,18?,21-/m1/s1. The van der Waals surface area contributed by atoms with Crippen molar-refractivity contribution in [3.05, 3.63) is 12.7 Å². The molecule has 0 aliphatic carbocycles. The van der Waals surface area contributed by atoms with E-state index < -0.39 is 56.8 Å². The first-order valence-electron chi connectivity index (χ1n) is 12.2. The van der Waals surface area contributed by atoms with Crippen molar-refractivity contribution in [2.45, 2.75) is 57.8 Å². The Morgan fingerprint density at radius 1 is 1.17 bits per heavy atom. The zero-order valence-electron chi connectivity index (χ0n) is 22.7. The number of aromatic nitrogens is 4. The van der Waals surface area contributed by atoms with Gasteiger partial charge in [0.05, 0.1) is 25.1 Å². The first-order chi connectivity index (χ1) is 19.4. The number of carbonyl (C=O) groups excluding carboxylic acids is 2. The minimum absolute atomic E-state index is 0.0173. The molecule has 0 radical (unpaired) electrons. The number of terminal acetylenes is 2. The van der Waals surface area contributed by atoms with Crippen LogP contribution < -0.4 is 5.32 Å². The summed E-state index contributed by atoms with van der Waals surface area (Å²) < 4.78 is 51.5. The number of anilines is 1. The molecule has 2 aromatic rings. The molecular weight excluding hydrogens is 565 g/mol. The fraction of sp³-hybridized carbons (Fsp3) is 0.542. The number of phosphoric acid groups is 1. The summed E-state index contributed by atoms with van der Waals surface area (Å²) in [6, 6.07) is 0. The van der Waals surface area contributed by atoms with E-state index in [9.17, 15) is 19.0 Å². The molecule has 3 heterocycles. The topological polar surface area (TPSA) is 192 Å². The smallest absolute Gasteiger partial charge is 0.436 e. The molecule has 222 valence electrons. The van der Waals surface area contributed by atoms with E-state index in [0.717, 1.165) is 6.33 Å². The highest BCUT2D eigenvalue weighted by molar-refractivity contribution is 7.47. The number of hydrogen-bond donors (Lipinski definition) is 2. The van der Waals surface area contributed by atoms with Gasteiger partial charge in [0.25, 0.3) is 0 Å². The average molecular weight is 596 g/mol. The van der Waals surface area contributed by atoms with E-state index in [1.165, 1.54) is 17.8 Å². The molecule has 1 aliphatic rings. The maximum Gasteiger partial charge on any atom is 0.509 e. The Kier molecular flexibility index (Phi) is 10.6. The van der Waals surface area contributed by atoms with Crippen LogP contribution in [0.5, 0.6) is 0 Å². The van der Waals surface area contributed by atoms with E-state index in [-0.39, 0.29) is 36.8 Å². The van der Waals surface area contributed by atoms with Crippen molar-refractivity contribution < 1.29 is 51.8 Å². The Hall–Kier alpha value is -3.76. The van der Waals surface area contributed by atoms with Crippen LogP contribution >= 0.6 is 7.82 Å². The van der Waals surface area contributed by atoms with Gasteiger partial charge in [-0.25, -0.2) is 29.1 Å². The quantitative estimate of drug-likeness (QED) is 0.219. The van der Waals surface area contributed by atoms with Gasteiger partial charge >= 0.3 is 20.1 Å². The van der Waals surface area contributed by atoms with E-state index in [4.69, 9.17) is 45.6 Å². The van der Waals surface area contributed by atoms with Crippen molar-refractivity contribution in [2.75, 3.05) is 31.7 Å². The highest BCUT2D eigenvalue weighted by Gasteiger charge is 2.53. The van der Waals surface area contributed by atoms with Crippen LogP contribution in [0.15, 0.2) is 12.7 Å². The van der Waals surface area contributed by atoms with Crippen molar-refractivity contribution in [3.8, 4) is 24.7 Å². The van der Waals surface area contributed by atoms with Crippen LogP contribution in [0.2, 0.25) is 0 Å². The molecule has 0 aromatic carbocycles. The van der Waals surface area contributed by atoms with E-state index in [1.54, 1.807) is 20.8 Å². The molecule has 16 nitrogen and oxygen atoms in total. The van der Waals surface area contributed by atoms with E-state index in [2.05, 4.69) is 32.1 Å². The van der Waals surface area contributed by atoms with E-state index in [1.807, 2.05) is 0 Å². The first kappa shape index (κ1) is 31.8. The van der Waals surface area contributed by atoms with Gasteiger partial charge in [-0.3, -0.25) is 18.9 Å². The summed E-state index contributed by atoms with van der Waals surface area (Å²) in [5, 5.41) is 2.41. The third-order valence-corrected chi connectivity index (χ3v) is 6.25. The van der Waals surface area contributed by atoms with Crippen molar-refractivity contribution in [3.63, 3.8) is 0 Å². The summed E-state index contributed by atoms with van der Waals surface area (Å²) in [4.78, 5) is 47.3. The number of ether oxygens (including phenoxy) is 5. The van der Waals surface area contributed by atoms with Crippen molar-refractivity contribution in [1.29, 1.82) is 0 Å². The zero-order chi connectivity index (χ0) is 30.2. The van der Waals surface area contributed by atoms with Crippen LogP contribution in [0.3, 0.4) is 0 Å². The van der Waals surface area contributed by atoms with Crippen LogP contribution in [0.25, 0.3) is 11.2 Å². The molecule has 17 heteroatoms. The number of carbonyl (C=O) groups is 2. The summed E-state index contributed by atoms with van der Waals surface area (Å²) >= 11 is 0. The predicted octanol–water partition coefficient (Wildman–Crippen LogP) is 2.40. The number of phosphoric ester groups is 1. The molecule has 1 saturated heterocycles. The summed E-state index contributed by atoms with van der Waals surface area (Å²) in [7, 11) is -4.66. The highest BCUT2D eigenvalue weighted by Crippen LogP contribution is 2.49. The number of nitrogens with zero attached hydrogens (tertiary/aromatic N) is 4. The zero-order valence-corrected chi connectivity index (χ0v) is 23.6. The minimum Gasteiger partial charge on any atom is -0.436 e. The molecule has 3 unspecified atom stereocenters. The van der Waals surface area contributed by atoms with Gasteiger partial charge in [0.15, 0.2) is 42.5 Å². The Morgan fingerprint density at radius 2 is 1.88 bits per heavy atom. The highest BCUT2D eigenvalue weighted by atomic mass is 31.2. The molecule has 41 heavy (non-hydrogen) atoms. The lowest BCUT2D eigenvalue weighted by molar-refractivity contribution is -0.0992. The number of rotatable bonds is 11. The second kappa shape index (κ2) is 13.7. The lowest BCUT2D eigenvalue weighted by Crippen LogP contribution is -2.40. The maximum absolute atomic E-state index is 12.7. The number of amides is 1. The fourth-order valence-corrected chi connectivity index (χ4v) is 4.56. The third-order valence-electron chi connectivity index (χ3n) is 5.16. The lowest BCUT2D eigenvalue weighted by Gasteiger charge is -2.27. The summed E-state index contributed by atoms with van der Waals surface area (Å²) in [6.07, 6.45) is 5.44. The molecular formula is C24H30N5O11P. The summed E-state index contributed by atoms with van der Waals surface area (Å²) in [6.45, 7) is 5.91. The number of fused-ring (bicyclic) bond motifs is 1. The van der Waals surface area contributed by atoms with E-state index in [0.29, 0.717) is 0 Å². The van der Waals surface area contributed by atoms with Crippen LogP contribution in [0.1, 0.15) is 33.9 Å². The van der Waals surface area contributed by atoms with Crippen LogP contribution in [-0.4, -0.2) is 87.0 Å². The largest absolute Gasteiger partial charge is 0.509 e. The molecule has 1 amide bonds. The Bertz CT molecular complexity index is 1360. The predicted molar refractivity (Wildman–Crippen MR) is 140 cm³/mol. The molecule has 0 bridgehead atoms. The van der Waals surface area contributed by atoms with Crippen molar-refractivity contribution in [2.24, 2.45) is 0 Å². The fourth-order valence-electron chi connectivity index (χ4n) is 3.61. The monoisotopic (exact) mass is 595 g/mol. The van der Waals surface area contributed by atoms with Gasteiger partial charge in [0, 0.05) is 0 Å². The minimum atomic E-state index is -4.66. The normalized spacial score (nSPS) is 21.8.